The summed E-state index contributed by atoms with van der Waals surface area (Å²) in [5, 5.41) is 15.0. The molecule has 0 bridgehead atoms. The molecule has 0 unspecified atom stereocenters. The number of nitriles is 1. The highest BCUT2D eigenvalue weighted by atomic mass is 35.5. The highest BCUT2D eigenvalue weighted by Crippen LogP contribution is 2.27. The average molecular weight is 343 g/mol. The highest BCUT2D eigenvalue weighted by molar-refractivity contribution is 6.32. The topological polar surface area (TPSA) is 87.0 Å². The van der Waals surface area contributed by atoms with E-state index in [0.717, 1.165) is 5.56 Å². The summed E-state index contributed by atoms with van der Waals surface area (Å²) in [5.41, 5.74) is 1.36. The Bertz CT molecular complexity index is 785. The molecule has 2 rings (SSSR count). The predicted octanol–water partition coefficient (Wildman–Crippen LogP) is 2.88. The molecule has 1 heterocycles. The van der Waals surface area contributed by atoms with Crippen molar-refractivity contribution in [2.75, 3.05) is 12.4 Å². The number of anilines is 1. The van der Waals surface area contributed by atoms with Crippen LogP contribution in [0, 0.1) is 11.3 Å². The number of carbonyl (C=O) groups excluding carboxylic acids is 1. The fraction of sp³-hybridized carbons (Fsp3) is 0.118. The van der Waals surface area contributed by atoms with Crippen molar-refractivity contribution in [3.05, 3.63) is 65.1 Å². The summed E-state index contributed by atoms with van der Waals surface area (Å²) in [4.78, 5) is 16.1. The van der Waals surface area contributed by atoms with Crippen LogP contribution >= 0.6 is 11.6 Å². The van der Waals surface area contributed by atoms with Gasteiger partial charge in [-0.05, 0) is 29.8 Å². The van der Waals surface area contributed by atoms with E-state index in [-0.39, 0.29) is 5.57 Å². The first-order valence-corrected chi connectivity index (χ1v) is 7.39. The summed E-state index contributed by atoms with van der Waals surface area (Å²) in [5.74, 6) is -0.0266. The minimum Gasteiger partial charge on any atom is -0.495 e. The van der Waals surface area contributed by atoms with E-state index in [1.807, 2.05) is 18.2 Å². The van der Waals surface area contributed by atoms with Gasteiger partial charge in [-0.2, -0.15) is 5.26 Å². The van der Waals surface area contributed by atoms with Crippen LogP contribution in [-0.2, 0) is 11.3 Å². The van der Waals surface area contributed by atoms with Gasteiger partial charge in [0.15, 0.2) is 0 Å². The van der Waals surface area contributed by atoms with Crippen LogP contribution in [-0.4, -0.2) is 18.0 Å². The lowest BCUT2D eigenvalue weighted by Crippen LogP contribution is -2.16. The number of amides is 1. The van der Waals surface area contributed by atoms with Crippen molar-refractivity contribution in [3.63, 3.8) is 0 Å². The van der Waals surface area contributed by atoms with Gasteiger partial charge >= 0.3 is 0 Å². The lowest BCUT2D eigenvalue weighted by Gasteiger charge is -2.08. The van der Waals surface area contributed by atoms with Crippen LogP contribution in [0.2, 0.25) is 5.02 Å². The molecule has 0 spiro atoms. The Morgan fingerprint density at radius 1 is 1.46 bits per heavy atom. The van der Waals surface area contributed by atoms with E-state index in [1.54, 1.807) is 30.6 Å². The van der Waals surface area contributed by atoms with Crippen molar-refractivity contribution < 1.29 is 9.53 Å². The quantitative estimate of drug-likeness (QED) is 0.622. The van der Waals surface area contributed by atoms with E-state index in [1.165, 1.54) is 13.3 Å². The number of ether oxygens (including phenoxy) is 1. The van der Waals surface area contributed by atoms with Crippen LogP contribution < -0.4 is 15.4 Å². The van der Waals surface area contributed by atoms with Crippen LogP contribution in [0.5, 0.6) is 5.75 Å². The Kier molecular flexibility index (Phi) is 6.17. The molecule has 0 aliphatic carbocycles. The van der Waals surface area contributed by atoms with Gasteiger partial charge in [0.25, 0.3) is 5.91 Å². The number of nitrogens with one attached hydrogen (secondary N) is 2. The van der Waals surface area contributed by atoms with Crippen LogP contribution in [0.3, 0.4) is 0 Å². The van der Waals surface area contributed by atoms with Crippen molar-refractivity contribution in [2.45, 2.75) is 6.54 Å². The van der Waals surface area contributed by atoms with Crippen LogP contribution in [0.1, 0.15) is 5.56 Å². The Balaban J connectivity index is 1.99. The number of rotatable bonds is 6. The SMILES string of the molecule is COc1ccc(NC(=O)/C(C#N)=C\NCc2cccnc2)cc1Cl. The second-order valence-electron chi connectivity index (χ2n) is 4.72. The zero-order chi connectivity index (χ0) is 17.4. The largest absolute Gasteiger partial charge is 0.495 e. The first-order chi connectivity index (χ1) is 11.6. The van der Waals surface area contributed by atoms with Gasteiger partial charge in [0.1, 0.15) is 17.4 Å². The van der Waals surface area contributed by atoms with Gasteiger partial charge in [-0.3, -0.25) is 9.78 Å². The number of hydrogen-bond acceptors (Lipinski definition) is 5. The smallest absolute Gasteiger partial charge is 0.267 e. The summed E-state index contributed by atoms with van der Waals surface area (Å²) < 4.78 is 5.05. The molecular formula is C17H15ClN4O2. The van der Waals surface area contributed by atoms with Crippen LogP contribution in [0.25, 0.3) is 0 Å². The molecule has 1 aromatic carbocycles. The van der Waals surface area contributed by atoms with Crippen molar-refractivity contribution in [3.8, 4) is 11.8 Å². The van der Waals surface area contributed by atoms with Gasteiger partial charge in [-0.25, -0.2) is 0 Å². The third kappa shape index (κ3) is 4.73. The number of pyridine rings is 1. The number of hydrogen-bond donors (Lipinski definition) is 2. The standard InChI is InChI=1S/C17H15ClN4O2/c1-24-16-5-4-14(7-15(16)18)22-17(23)13(8-19)11-21-10-12-3-2-6-20-9-12/h2-7,9,11,21H,10H2,1H3,(H,22,23)/b13-11-. The Morgan fingerprint density at radius 2 is 2.29 bits per heavy atom. The number of benzene rings is 1. The zero-order valence-electron chi connectivity index (χ0n) is 12.9. The van der Waals surface area contributed by atoms with Crippen molar-refractivity contribution in [2.24, 2.45) is 0 Å². The van der Waals surface area contributed by atoms with Crippen LogP contribution in [0.4, 0.5) is 5.69 Å². The van der Waals surface area contributed by atoms with Crippen molar-refractivity contribution in [1.82, 2.24) is 10.3 Å². The fourth-order valence-electron chi connectivity index (χ4n) is 1.86. The molecule has 2 aromatic rings. The van der Waals surface area contributed by atoms with E-state index in [0.29, 0.717) is 23.0 Å². The van der Waals surface area contributed by atoms with E-state index >= 15 is 0 Å². The van der Waals surface area contributed by atoms with E-state index in [9.17, 15) is 4.79 Å². The molecule has 2 N–H and O–H groups in total. The lowest BCUT2D eigenvalue weighted by molar-refractivity contribution is -0.112. The first-order valence-electron chi connectivity index (χ1n) is 7.01. The van der Waals surface area contributed by atoms with Crippen molar-refractivity contribution >= 4 is 23.2 Å². The monoisotopic (exact) mass is 342 g/mol. The Hall–Kier alpha value is -3.04. The number of nitrogens with zero attached hydrogens (tertiary/aromatic N) is 2. The Morgan fingerprint density at radius 3 is 2.92 bits per heavy atom. The summed E-state index contributed by atoms with van der Waals surface area (Å²) in [7, 11) is 1.50. The second kappa shape index (κ2) is 8.56. The van der Waals surface area contributed by atoms with Crippen LogP contribution in [0.15, 0.2) is 54.5 Å². The summed E-state index contributed by atoms with van der Waals surface area (Å²) in [6.45, 7) is 0.459. The molecule has 0 aliphatic rings. The molecule has 0 radical (unpaired) electrons. The molecule has 1 aromatic heterocycles. The molecule has 7 heteroatoms. The van der Waals surface area contributed by atoms with Gasteiger partial charge in [0, 0.05) is 30.8 Å². The second-order valence-corrected chi connectivity index (χ2v) is 5.12. The summed E-state index contributed by atoms with van der Waals surface area (Å²) in [6.07, 6.45) is 4.74. The average Bonchev–Trinajstić information content (AvgIpc) is 2.59. The van der Waals surface area contributed by atoms with E-state index in [4.69, 9.17) is 21.6 Å². The van der Waals surface area contributed by atoms with Gasteiger partial charge in [-0.1, -0.05) is 17.7 Å². The minimum atomic E-state index is -0.530. The molecule has 0 fully saturated rings. The third-order valence-electron chi connectivity index (χ3n) is 3.05. The summed E-state index contributed by atoms with van der Waals surface area (Å²) >= 11 is 6.00. The van der Waals surface area contributed by atoms with Gasteiger partial charge in [-0.15, -0.1) is 0 Å². The van der Waals surface area contributed by atoms with Gasteiger partial charge in [0.2, 0.25) is 0 Å². The minimum absolute atomic E-state index is 0.0502. The molecule has 24 heavy (non-hydrogen) atoms. The van der Waals surface area contributed by atoms with Crippen molar-refractivity contribution in [1.29, 1.82) is 5.26 Å². The molecule has 122 valence electrons. The lowest BCUT2D eigenvalue weighted by atomic mass is 10.2. The fourth-order valence-corrected chi connectivity index (χ4v) is 2.12. The van der Waals surface area contributed by atoms with E-state index < -0.39 is 5.91 Å². The maximum absolute atomic E-state index is 12.1. The molecule has 0 atom stereocenters. The number of halogens is 1. The molecular weight excluding hydrogens is 328 g/mol. The molecule has 0 aliphatic heterocycles. The maximum Gasteiger partial charge on any atom is 0.267 e. The van der Waals surface area contributed by atoms with E-state index in [2.05, 4.69) is 15.6 Å². The normalized spacial score (nSPS) is 10.6. The molecule has 0 saturated heterocycles. The van der Waals surface area contributed by atoms with Gasteiger partial charge in [0.05, 0.1) is 12.1 Å². The number of aromatic nitrogens is 1. The predicted molar refractivity (Wildman–Crippen MR) is 91.4 cm³/mol. The highest BCUT2D eigenvalue weighted by Gasteiger charge is 2.10. The molecule has 0 saturated carbocycles. The number of methoxy groups -OCH3 is 1. The molecule has 6 nitrogen and oxygen atoms in total. The Labute approximate surface area is 144 Å². The number of carbonyl (C=O) groups is 1. The zero-order valence-corrected chi connectivity index (χ0v) is 13.7. The molecule has 1 amide bonds. The third-order valence-corrected chi connectivity index (χ3v) is 3.35. The maximum atomic E-state index is 12.1. The first kappa shape index (κ1) is 17.3. The van der Waals surface area contributed by atoms with Gasteiger partial charge < -0.3 is 15.4 Å². The summed E-state index contributed by atoms with van der Waals surface area (Å²) in [6, 6.07) is 10.4.